The summed E-state index contributed by atoms with van der Waals surface area (Å²) in [6, 6.07) is 3.55. The molecule has 0 bridgehead atoms. The maximum Gasteiger partial charge on any atom is 0.343 e. The van der Waals surface area contributed by atoms with E-state index in [1.165, 1.54) is 22.5 Å². The molecule has 4 heterocycles. The number of hydrogen-bond acceptors (Lipinski definition) is 9. The lowest BCUT2D eigenvalue weighted by Crippen LogP contribution is -2.11. The van der Waals surface area contributed by atoms with Crippen LogP contribution >= 0.6 is 11.8 Å². The molecule has 0 saturated carbocycles. The van der Waals surface area contributed by atoms with Crippen LogP contribution < -0.4 is 0 Å². The standard InChI is InChI=1S/C17H17N9O3S/c1-23-12-19-21-17(23)30-11-13-10-24(22-20-13)6-7-25-15(18-9-16(25)26(27)28)5-4-14-3-2-8-29-14/h2-5,8-10,12H,6-7,11H2,1H3. The van der Waals surface area contributed by atoms with Crippen molar-refractivity contribution in [3.63, 3.8) is 0 Å². The quantitative estimate of drug-likeness (QED) is 0.224. The van der Waals surface area contributed by atoms with Crippen molar-refractivity contribution in [3.05, 3.63) is 64.5 Å². The fourth-order valence-corrected chi connectivity index (χ4v) is 3.45. The maximum atomic E-state index is 11.4. The summed E-state index contributed by atoms with van der Waals surface area (Å²) in [5.74, 6) is 1.59. The fourth-order valence-electron chi connectivity index (χ4n) is 2.69. The Morgan fingerprint density at radius 1 is 1.30 bits per heavy atom. The number of thioether (sulfide) groups is 1. The largest absolute Gasteiger partial charge is 0.465 e. The van der Waals surface area contributed by atoms with Crippen LogP contribution in [0.25, 0.3) is 12.2 Å². The van der Waals surface area contributed by atoms with Gasteiger partial charge in [0.25, 0.3) is 0 Å². The molecule has 0 aliphatic rings. The first-order valence-corrected chi connectivity index (χ1v) is 9.86. The van der Waals surface area contributed by atoms with Crippen LogP contribution in [-0.2, 0) is 25.9 Å². The van der Waals surface area contributed by atoms with Crippen molar-refractivity contribution in [3.8, 4) is 0 Å². The van der Waals surface area contributed by atoms with Crippen LogP contribution in [-0.4, -0.2) is 44.2 Å². The molecular formula is C17H17N9O3S. The van der Waals surface area contributed by atoms with E-state index >= 15 is 0 Å². The van der Waals surface area contributed by atoms with Crippen molar-refractivity contribution in [1.82, 2.24) is 39.3 Å². The second kappa shape index (κ2) is 8.73. The third kappa shape index (κ3) is 4.46. The fraction of sp³-hybridized carbons (Fsp3) is 0.235. The van der Waals surface area contributed by atoms with Gasteiger partial charge in [-0.2, -0.15) is 0 Å². The van der Waals surface area contributed by atoms with Crippen LogP contribution in [0.3, 0.4) is 0 Å². The Bertz CT molecular complexity index is 1160. The molecule has 0 spiro atoms. The summed E-state index contributed by atoms with van der Waals surface area (Å²) in [4.78, 5) is 15.1. The maximum absolute atomic E-state index is 11.4. The van der Waals surface area contributed by atoms with E-state index < -0.39 is 4.92 Å². The predicted octanol–water partition coefficient (Wildman–Crippen LogP) is 2.27. The minimum absolute atomic E-state index is 0.0905. The van der Waals surface area contributed by atoms with Crippen molar-refractivity contribution in [2.45, 2.75) is 24.0 Å². The monoisotopic (exact) mass is 427 g/mol. The lowest BCUT2D eigenvalue weighted by Gasteiger charge is -2.03. The van der Waals surface area contributed by atoms with Gasteiger partial charge in [-0.3, -0.25) is 0 Å². The number of imidazole rings is 1. The smallest absolute Gasteiger partial charge is 0.343 e. The van der Waals surface area contributed by atoms with Crippen LogP contribution in [0.2, 0.25) is 0 Å². The molecule has 30 heavy (non-hydrogen) atoms. The normalized spacial score (nSPS) is 11.5. The number of furan rings is 1. The van der Waals surface area contributed by atoms with Gasteiger partial charge in [0, 0.05) is 25.1 Å². The molecule has 0 aromatic carbocycles. The first-order valence-electron chi connectivity index (χ1n) is 8.87. The van der Waals surface area contributed by atoms with Crippen LogP contribution in [0.15, 0.2) is 46.7 Å². The Morgan fingerprint density at radius 3 is 2.93 bits per heavy atom. The molecule has 0 radical (unpaired) electrons. The minimum Gasteiger partial charge on any atom is -0.465 e. The van der Waals surface area contributed by atoms with E-state index in [1.54, 1.807) is 41.6 Å². The van der Waals surface area contributed by atoms with E-state index in [1.807, 2.05) is 17.8 Å². The SMILES string of the molecule is Cn1cnnc1SCc1cn(CCn2c([N+](=O)[O-])cnc2C=Cc2ccco2)nn1. The summed E-state index contributed by atoms with van der Waals surface area (Å²) in [5.41, 5.74) is 0.779. The van der Waals surface area contributed by atoms with E-state index in [0.29, 0.717) is 30.4 Å². The Morgan fingerprint density at radius 2 is 2.20 bits per heavy atom. The molecule has 0 saturated heterocycles. The van der Waals surface area contributed by atoms with E-state index in [0.717, 1.165) is 10.9 Å². The zero-order chi connectivity index (χ0) is 20.9. The lowest BCUT2D eigenvalue weighted by atomic mass is 10.4. The van der Waals surface area contributed by atoms with Crippen LogP contribution in [0.1, 0.15) is 17.3 Å². The molecule has 0 atom stereocenters. The summed E-state index contributed by atoms with van der Waals surface area (Å²) in [6.45, 7) is 0.716. The highest BCUT2D eigenvalue weighted by atomic mass is 32.2. The summed E-state index contributed by atoms with van der Waals surface area (Å²) >= 11 is 1.50. The molecule has 4 rings (SSSR count). The Balaban J connectivity index is 1.43. The zero-order valence-corrected chi connectivity index (χ0v) is 16.7. The number of aromatic nitrogens is 8. The number of nitrogens with zero attached hydrogens (tertiary/aromatic N) is 9. The van der Waals surface area contributed by atoms with Crippen LogP contribution in [0.5, 0.6) is 0 Å². The molecule has 154 valence electrons. The first kappa shape index (κ1) is 19.6. The third-order valence-electron chi connectivity index (χ3n) is 4.15. The molecular weight excluding hydrogens is 410 g/mol. The average Bonchev–Trinajstić information content (AvgIpc) is 3.50. The van der Waals surface area contributed by atoms with E-state index in [4.69, 9.17) is 4.42 Å². The Hall–Kier alpha value is -3.74. The number of hydrogen-bond donors (Lipinski definition) is 0. The van der Waals surface area contributed by atoms with Gasteiger partial charge in [0.15, 0.2) is 5.16 Å². The van der Waals surface area contributed by atoms with Crippen LogP contribution in [0.4, 0.5) is 5.82 Å². The third-order valence-corrected chi connectivity index (χ3v) is 5.22. The summed E-state index contributed by atoms with van der Waals surface area (Å²) < 4.78 is 10.2. The van der Waals surface area contributed by atoms with Crippen molar-refractivity contribution in [2.75, 3.05) is 0 Å². The lowest BCUT2D eigenvalue weighted by molar-refractivity contribution is -0.392. The van der Waals surface area contributed by atoms with Crippen molar-refractivity contribution in [1.29, 1.82) is 0 Å². The van der Waals surface area contributed by atoms with Gasteiger partial charge in [-0.25, -0.2) is 14.2 Å². The van der Waals surface area contributed by atoms with Gasteiger partial charge < -0.3 is 19.1 Å². The molecule has 0 fully saturated rings. The molecule has 0 N–H and O–H groups in total. The molecule has 4 aromatic heterocycles. The van der Waals surface area contributed by atoms with Gasteiger partial charge in [-0.1, -0.05) is 17.0 Å². The zero-order valence-electron chi connectivity index (χ0n) is 15.9. The molecule has 0 aliphatic carbocycles. The van der Waals surface area contributed by atoms with Crippen LogP contribution in [0, 0.1) is 10.1 Å². The highest BCUT2D eigenvalue weighted by Gasteiger charge is 2.19. The highest BCUT2D eigenvalue weighted by Crippen LogP contribution is 2.19. The molecule has 0 amide bonds. The molecule has 0 aliphatic heterocycles. The first-order chi connectivity index (χ1) is 14.6. The van der Waals surface area contributed by atoms with Crippen molar-refractivity contribution in [2.24, 2.45) is 7.05 Å². The summed E-state index contributed by atoms with van der Waals surface area (Å²) in [6.07, 6.45) is 9.63. The van der Waals surface area contributed by atoms with E-state index in [9.17, 15) is 10.1 Å². The van der Waals surface area contributed by atoms with Gasteiger partial charge in [-0.15, -0.1) is 15.3 Å². The van der Waals surface area contributed by atoms with E-state index in [2.05, 4.69) is 25.5 Å². The molecule has 12 nitrogen and oxygen atoms in total. The van der Waals surface area contributed by atoms with Gasteiger partial charge in [0.2, 0.25) is 5.82 Å². The average molecular weight is 427 g/mol. The molecule has 13 heteroatoms. The Kier molecular flexibility index (Phi) is 5.70. The number of aryl methyl sites for hydroxylation is 2. The minimum atomic E-state index is -0.457. The van der Waals surface area contributed by atoms with Gasteiger partial charge in [0.05, 0.1) is 18.5 Å². The van der Waals surface area contributed by atoms with Crippen molar-refractivity contribution < 1.29 is 9.34 Å². The number of rotatable bonds is 9. The van der Waals surface area contributed by atoms with Gasteiger partial charge in [0.1, 0.15) is 24.8 Å². The predicted molar refractivity (Wildman–Crippen MR) is 107 cm³/mol. The van der Waals surface area contributed by atoms with Crippen molar-refractivity contribution >= 4 is 29.7 Å². The number of nitro groups is 1. The molecule has 4 aromatic rings. The topological polar surface area (TPSA) is 136 Å². The van der Waals surface area contributed by atoms with Gasteiger partial charge >= 0.3 is 5.82 Å². The second-order valence-corrected chi connectivity index (χ2v) is 7.16. The Labute approximate surface area is 174 Å². The summed E-state index contributed by atoms with van der Waals surface area (Å²) in [7, 11) is 1.87. The highest BCUT2D eigenvalue weighted by molar-refractivity contribution is 7.98. The molecule has 0 unspecified atom stereocenters. The summed E-state index contributed by atoms with van der Waals surface area (Å²) in [5, 5.41) is 28.2. The van der Waals surface area contributed by atoms with Gasteiger partial charge in [-0.05, 0) is 23.1 Å². The van der Waals surface area contributed by atoms with E-state index in [-0.39, 0.29) is 5.82 Å². The second-order valence-electron chi connectivity index (χ2n) is 6.22.